The predicted molar refractivity (Wildman–Crippen MR) is 85.6 cm³/mol. The van der Waals surface area contributed by atoms with E-state index < -0.39 is 0 Å². The Labute approximate surface area is 129 Å². The van der Waals surface area contributed by atoms with Crippen molar-refractivity contribution >= 4 is 17.2 Å². The van der Waals surface area contributed by atoms with E-state index >= 15 is 0 Å². The van der Waals surface area contributed by atoms with Gasteiger partial charge in [0.05, 0.1) is 24.5 Å². The maximum atomic E-state index is 4.82. The summed E-state index contributed by atoms with van der Waals surface area (Å²) in [5.41, 5.74) is 6.32. The largest absolute Gasteiger partial charge is 0.316 e. The number of imidazole rings is 1. The van der Waals surface area contributed by atoms with Crippen molar-refractivity contribution in [3.8, 4) is 0 Å². The fourth-order valence-corrected chi connectivity index (χ4v) is 3.14. The lowest BCUT2D eigenvalue weighted by Crippen LogP contribution is -2.28. The number of hydrogen-bond donors (Lipinski definition) is 2. The Balaban J connectivity index is 1.68. The number of nitrogens with one attached hydrogen (secondary N) is 2. The quantitative estimate of drug-likeness (QED) is 0.855. The summed E-state index contributed by atoms with van der Waals surface area (Å²) in [5, 5.41) is 5.48. The van der Waals surface area contributed by atoms with Gasteiger partial charge in [-0.25, -0.2) is 25.4 Å². The van der Waals surface area contributed by atoms with E-state index in [2.05, 4.69) is 21.9 Å². The first-order valence-electron chi connectivity index (χ1n) is 7.85. The van der Waals surface area contributed by atoms with Crippen molar-refractivity contribution in [1.29, 1.82) is 0 Å². The van der Waals surface area contributed by atoms with Gasteiger partial charge in [-0.2, -0.15) is 0 Å². The number of rotatable bonds is 2. The molecule has 7 heteroatoms. The van der Waals surface area contributed by atoms with Crippen LogP contribution in [-0.2, 0) is 0 Å². The zero-order valence-electron chi connectivity index (χ0n) is 12.8. The number of nitrogens with zero attached hydrogens (tertiary/aromatic N) is 5. The summed E-state index contributed by atoms with van der Waals surface area (Å²) in [4.78, 5) is 13.9. The van der Waals surface area contributed by atoms with Crippen LogP contribution in [0.2, 0.25) is 0 Å². The molecule has 0 aromatic carbocycles. The Morgan fingerprint density at radius 1 is 1.41 bits per heavy atom. The molecule has 0 radical (unpaired) electrons. The number of hydrazine groups is 1. The molecule has 2 aliphatic rings. The van der Waals surface area contributed by atoms with Crippen molar-refractivity contribution < 1.29 is 0 Å². The second-order valence-corrected chi connectivity index (χ2v) is 6.06. The SMILES string of the molecule is CN1CC(=Nc2nccn3cc(C4CCCNC4)nc23)CN1. The highest BCUT2D eigenvalue weighted by molar-refractivity contribution is 5.92. The molecule has 1 atom stereocenters. The molecule has 7 nitrogen and oxygen atoms in total. The van der Waals surface area contributed by atoms with Crippen molar-refractivity contribution in [2.75, 3.05) is 33.2 Å². The molecular weight excluding hydrogens is 278 g/mol. The molecular formula is C15H21N7. The molecule has 0 saturated carbocycles. The normalized spacial score (nSPS) is 25.3. The van der Waals surface area contributed by atoms with Gasteiger partial charge in [-0.3, -0.25) is 0 Å². The van der Waals surface area contributed by atoms with Gasteiger partial charge in [0.2, 0.25) is 0 Å². The zero-order chi connectivity index (χ0) is 14.9. The molecule has 0 amide bonds. The summed E-state index contributed by atoms with van der Waals surface area (Å²) in [6.45, 7) is 3.73. The molecule has 0 bridgehead atoms. The first-order valence-corrected chi connectivity index (χ1v) is 7.85. The molecule has 2 aromatic heterocycles. The smallest absolute Gasteiger partial charge is 0.196 e. The fourth-order valence-electron chi connectivity index (χ4n) is 3.14. The van der Waals surface area contributed by atoms with Gasteiger partial charge in [-0.15, -0.1) is 0 Å². The Morgan fingerprint density at radius 3 is 3.14 bits per heavy atom. The molecule has 0 aliphatic carbocycles. The zero-order valence-corrected chi connectivity index (χ0v) is 12.8. The Morgan fingerprint density at radius 2 is 2.36 bits per heavy atom. The second-order valence-electron chi connectivity index (χ2n) is 6.06. The third-order valence-electron chi connectivity index (χ3n) is 4.33. The van der Waals surface area contributed by atoms with Crippen LogP contribution in [0.1, 0.15) is 24.5 Å². The van der Waals surface area contributed by atoms with E-state index in [4.69, 9.17) is 9.98 Å². The van der Waals surface area contributed by atoms with Crippen LogP contribution < -0.4 is 10.7 Å². The van der Waals surface area contributed by atoms with E-state index in [9.17, 15) is 0 Å². The molecule has 4 rings (SSSR count). The highest BCUT2D eigenvalue weighted by atomic mass is 15.5. The van der Waals surface area contributed by atoms with Gasteiger partial charge in [0.25, 0.3) is 0 Å². The van der Waals surface area contributed by atoms with E-state index in [-0.39, 0.29) is 0 Å². The van der Waals surface area contributed by atoms with Crippen molar-refractivity contribution in [3.05, 3.63) is 24.3 Å². The molecule has 2 fully saturated rings. The first-order chi connectivity index (χ1) is 10.8. The van der Waals surface area contributed by atoms with Crippen molar-refractivity contribution in [2.24, 2.45) is 4.99 Å². The van der Waals surface area contributed by atoms with Crippen LogP contribution in [0, 0.1) is 0 Å². The standard InChI is InChI=1S/C15H21N7/c1-21-9-12(8-18-21)19-14-15-20-13(10-22(15)6-5-17-14)11-3-2-4-16-7-11/h5-6,10-11,16,18H,2-4,7-9H2,1H3. The molecule has 4 heterocycles. The summed E-state index contributed by atoms with van der Waals surface area (Å²) < 4.78 is 2.04. The molecule has 22 heavy (non-hydrogen) atoms. The highest BCUT2D eigenvalue weighted by Crippen LogP contribution is 2.25. The van der Waals surface area contributed by atoms with E-state index in [1.54, 1.807) is 6.20 Å². The summed E-state index contributed by atoms with van der Waals surface area (Å²) in [6.07, 6.45) is 8.28. The maximum absolute atomic E-state index is 4.82. The molecule has 2 aliphatic heterocycles. The van der Waals surface area contributed by atoms with Gasteiger partial charge in [0.1, 0.15) is 0 Å². The van der Waals surface area contributed by atoms with Crippen LogP contribution in [0.15, 0.2) is 23.6 Å². The topological polar surface area (TPSA) is 69.9 Å². The third-order valence-corrected chi connectivity index (χ3v) is 4.33. The van der Waals surface area contributed by atoms with Crippen LogP contribution in [0.4, 0.5) is 5.82 Å². The lowest BCUT2D eigenvalue weighted by atomic mass is 9.97. The summed E-state index contributed by atoms with van der Waals surface area (Å²) in [6, 6.07) is 0. The van der Waals surface area contributed by atoms with Crippen LogP contribution in [0.25, 0.3) is 5.65 Å². The molecule has 2 N–H and O–H groups in total. The first kappa shape index (κ1) is 13.8. The third kappa shape index (κ3) is 2.63. The molecule has 2 saturated heterocycles. The lowest BCUT2D eigenvalue weighted by molar-refractivity contribution is 0.320. The van der Waals surface area contributed by atoms with Crippen molar-refractivity contribution in [2.45, 2.75) is 18.8 Å². The number of piperidine rings is 1. The van der Waals surface area contributed by atoms with Crippen LogP contribution in [0.3, 0.4) is 0 Å². The maximum Gasteiger partial charge on any atom is 0.196 e. The summed E-state index contributed by atoms with van der Waals surface area (Å²) >= 11 is 0. The average Bonchev–Trinajstić information content (AvgIpc) is 3.15. The van der Waals surface area contributed by atoms with Gasteiger partial charge in [0.15, 0.2) is 11.5 Å². The van der Waals surface area contributed by atoms with Crippen molar-refractivity contribution in [3.63, 3.8) is 0 Å². The molecule has 1 unspecified atom stereocenters. The lowest BCUT2D eigenvalue weighted by Gasteiger charge is -2.20. The fraction of sp³-hybridized carbons (Fsp3) is 0.533. The minimum absolute atomic E-state index is 0.494. The Kier molecular flexibility index (Phi) is 3.61. The summed E-state index contributed by atoms with van der Waals surface area (Å²) in [5.74, 6) is 1.21. The minimum atomic E-state index is 0.494. The Bertz CT molecular complexity index is 699. The van der Waals surface area contributed by atoms with E-state index in [0.29, 0.717) is 11.7 Å². The molecule has 0 spiro atoms. The highest BCUT2D eigenvalue weighted by Gasteiger charge is 2.20. The van der Waals surface area contributed by atoms with Crippen LogP contribution in [0.5, 0.6) is 0 Å². The minimum Gasteiger partial charge on any atom is -0.316 e. The summed E-state index contributed by atoms with van der Waals surface area (Å²) in [7, 11) is 2.01. The molecule has 2 aromatic rings. The number of hydrogen-bond acceptors (Lipinski definition) is 6. The van der Waals surface area contributed by atoms with E-state index in [1.807, 2.05) is 22.7 Å². The van der Waals surface area contributed by atoms with Gasteiger partial charge < -0.3 is 9.72 Å². The van der Waals surface area contributed by atoms with Gasteiger partial charge in [0, 0.05) is 38.1 Å². The van der Waals surface area contributed by atoms with E-state index in [1.165, 1.54) is 12.8 Å². The Hall–Kier alpha value is -1.83. The molecule has 116 valence electrons. The second kappa shape index (κ2) is 5.75. The van der Waals surface area contributed by atoms with E-state index in [0.717, 1.165) is 43.2 Å². The monoisotopic (exact) mass is 299 g/mol. The van der Waals surface area contributed by atoms with Gasteiger partial charge in [-0.1, -0.05) is 0 Å². The van der Waals surface area contributed by atoms with Crippen LogP contribution in [-0.4, -0.2) is 58.3 Å². The number of aliphatic imine (C=N–C) groups is 1. The number of aromatic nitrogens is 3. The average molecular weight is 299 g/mol. The van der Waals surface area contributed by atoms with Gasteiger partial charge >= 0.3 is 0 Å². The van der Waals surface area contributed by atoms with Crippen molar-refractivity contribution in [1.82, 2.24) is 30.1 Å². The van der Waals surface area contributed by atoms with Crippen LogP contribution >= 0.6 is 0 Å². The van der Waals surface area contributed by atoms with Gasteiger partial charge in [-0.05, 0) is 19.4 Å². The number of fused-ring (bicyclic) bond motifs is 1. The predicted octanol–water partition coefficient (Wildman–Crippen LogP) is 0.719.